The summed E-state index contributed by atoms with van der Waals surface area (Å²) in [7, 11) is 1.88. The number of hydrogen-bond donors (Lipinski definition) is 1. The third-order valence-electron chi connectivity index (χ3n) is 2.10. The second kappa shape index (κ2) is 4.33. The molecule has 0 bridgehead atoms. The first-order chi connectivity index (χ1) is 6.13. The van der Waals surface area contributed by atoms with Crippen molar-refractivity contribution < 1.29 is 4.79 Å². The first-order valence-corrected chi connectivity index (χ1v) is 4.58. The Morgan fingerprint density at radius 1 is 1.38 bits per heavy atom. The molecule has 0 amide bonds. The zero-order chi connectivity index (χ0) is 9.84. The number of anilines is 1. The van der Waals surface area contributed by atoms with Crippen LogP contribution in [0.15, 0.2) is 30.3 Å². The predicted octanol–water partition coefficient (Wildman–Crippen LogP) is 1.97. The maximum atomic E-state index is 11.0. The fourth-order valence-corrected chi connectivity index (χ4v) is 1.23. The van der Waals surface area contributed by atoms with Crippen molar-refractivity contribution in [1.29, 1.82) is 0 Å². The molecule has 3 heteroatoms. The average molecular weight is 195 g/mol. The van der Waals surface area contributed by atoms with Gasteiger partial charge in [0.1, 0.15) is 0 Å². The van der Waals surface area contributed by atoms with Crippen molar-refractivity contribution in [2.75, 3.05) is 11.9 Å². The standard InChI is InChI=1S/C10H13NOS/c1-8(10(12)13)11(2)9-6-4-3-5-7-9/h3-8H,1-2H3,(H,12,13)/t8-/m0/s1. The molecule has 0 radical (unpaired) electrons. The van der Waals surface area contributed by atoms with Crippen LogP contribution in [-0.2, 0) is 4.79 Å². The number of likely N-dealkylation sites (N-methyl/N-ethyl adjacent to an activating group) is 1. The van der Waals surface area contributed by atoms with E-state index in [0.29, 0.717) is 0 Å². The molecule has 0 N–H and O–H groups in total. The number of hydrogen-bond acceptors (Lipinski definition) is 2. The first kappa shape index (κ1) is 10.1. The minimum Gasteiger partial charge on any atom is -0.364 e. The molecule has 0 heterocycles. The SMILES string of the molecule is C[C@@H](C(=O)S)N(C)c1ccccc1. The Bertz CT molecular complexity index is 286. The van der Waals surface area contributed by atoms with Crippen LogP contribution in [0.25, 0.3) is 0 Å². The van der Waals surface area contributed by atoms with E-state index in [4.69, 9.17) is 0 Å². The van der Waals surface area contributed by atoms with E-state index in [-0.39, 0.29) is 11.2 Å². The molecule has 0 unspecified atom stereocenters. The second-order valence-corrected chi connectivity index (χ2v) is 3.40. The maximum absolute atomic E-state index is 11.0. The van der Waals surface area contributed by atoms with E-state index in [1.807, 2.05) is 49.2 Å². The number of para-hydroxylation sites is 1. The Hall–Kier alpha value is -0.960. The molecule has 0 spiro atoms. The fourth-order valence-electron chi connectivity index (χ4n) is 1.05. The lowest BCUT2D eigenvalue weighted by Gasteiger charge is -2.24. The summed E-state index contributed by atoms with van der Waals surface area (Å²) in [6.45, 7) is 1.84. The molecule has 0 aliphatic rings. The number of thiol groups is 1. The molecule has 1 aromatic carbocycles. The van der Waals surface area contributed by atoms with Gasteiger partial charge in [-0.25, -0.2) is 0 Å². The zero-order valence-corrected chi connectivity index (χ0v) is 8.66. The highest BCUT2D eigenvalue weighted by molar-refractivity contribution is 7.96. The Labute approximate surface area is 84.0 Å². The van der Waals surface area contributed by atoms with Gasteiger partial charge < -0.3 is 4.90 Å². The summed E-state index contributed by atoms with van der Waals surface area (Å²) in [6.07, 6.45) is 0. The number of benzene rings is 1. The summed E-state index contributed by atoms with van der Waals surface area (Å²) in [5.41, 5.74) is 1.03. The van der Waals surface area contributed by atoms with Crippen LogP contribution in [0.5, 0.6) is 0 Å². The van der Waals surface area contributed by atoms with Crippen molar-refractivity contribution in [3.05, 3.63) is 30.3 Å². The van der Waals surface area contributed by atoms with Crippen LogP contribution in [0, 0.1) is 0 Å². The molecule has 70 valence electrons. The summed E-state index contributed by atoms with van der Waals surface area (Å²) < 4.78 is 0. The van der Waals surface area contributed by atoms with Crippen molar-refractivity contribution in [2.45, 2.75) is 13.0 Å². The highest BCUT2D eigenvalue weighted by Gasteiger charge is 2.14. The average Bonchev–Trinajstić information content (AvgIpc) is 2.17. The van der Waals surface area contributed by atoms with Crippen LogP contribution in [0.4, 0.5) is 5.69 Å². The Morgan fingerprint density at radius 3 is 2.38 bits per heavy atom. The van der Waals surface area contributed by atoms with Gasteiger partial charge in [-0.1, -0.05) is 18.2 Å². The quantitative estimate of drug-likeness (QED) is 0.744. The minimum atomic E-state index is -0.189. The minimum absolute atomic E-state index is 0.119. The molecule has 0 aliphatic heterocycles. The van der Waals surface area contributed by atoms with Crippen molar-refractivity contribution in [3.63, 3.8) is 0 Å². The van der Waals surface area contributed by atoms with Gasteiger partial charge in [0.05, 0.1) is 6.04 Å². The number of rotatable bonds is 3. The summed E-state index contributed by atoms with van der Waals surface area (Å²) in [6, 6.07) is 9.58. The third-order valence-corrected chi connectivity index (χ3v) is 2.48. The van der Waals surface area contributed by atoms with Gasteiger partial charge in [0.25, 0.3) is 0 Å². The van der Waals surface area contributed by atoms with Gasteiger partial charge in [-0.3, -0.25) is 4.79 Å². The molecule has 1 atom stereocenters. The molecular weight excluding hydrogens is 182 g/mol. The lowest BCUT2D eigenvalue weighted by molar-refractivity contribution is -0.111. The van der Waals surface area contributed by atoms with Crippen LogP contribution in [0.3, 0.4) is 0 Å². The fraction of sp³-hybridized carbons (Fsp3) is 0.300. The van der Waals surface area contributed by atoms with Gasteiger partial charge in [-0.2, -0.15) is 0 Å². The molecule has 1 aromatic rings. The Kier molecular flexibility index (Phi) is 3.37. The highest BCUT2D eigenvalue weighted by Crippen LogP contribution is 2.14. The van der Waals surface area contributed by atoms with Gasteiger partial charge in [0.15, 0.2) is 0 Å². The molecule has 0 saturated carbocycles. The first-order valence-electron chi connectivity index (χ1n) is 4.13. The zero-order valence-electron chi connectivity index (χ0n) is 7.77. The molecule has 2 nitrogen and oxygen atoms in total. The van der Waals surface area contributed by atoms with Crippen LogP contribution >= 0.6 is 12.6 Å². The predicted molar refractivity (Wildman–Crippen MR) is 58.3 cm³/mol. The van der Waals surface area contributed by atoms with Crippen molar-refractivity contribution in [2.24, 2.45) is 0 Å². The van der Waals surface area contributed by atoms with Gasteiger partial charge in [0.2, 0.25) is 5.12 Å². The Balaban J connectivity index is 2.79. The highest BCUT2D eigenvalue weighted by atomic mass is 32.1. The van der Waals surface area contributed by atoms with E-state index in [9.17, 15) is 4.79 Å². The van der Waals surface area contributed by atoms with E-state index in [0.717, 1.165) is 5.69 Å². The molecule has 0 aromatic heterocycles. The monoisotopic (exact) mass is 195 g/mol. The van der Waals surface area contributed by atoms with E-state index in [1.54, 1.807) is 0 Å². The molecule has 0 aliphatic carbocycles. The third kappa shape index (κ3) is 2.49. The molecular formula is C10H13NOS. The van der Waals surface area contributed by atoms with Gasteiger partial charge in [-0.05, 0) is 19.1 Å². The normalized spacial score (nSPS) is 12.2. The summed E-state index contributed by atoms with van der Waals surface area (Å²) in [5.74, 6) is 0. The summed E-state index contributed by atoms with van der Waals surface area (Å²) in [4.78, 5) is 12.9. The van der Waals surface area contributed by atoms with E-state index in [1.165, 1.54) is 0 Å². The largest absolute Gasteiger partial charge is 0.364 e. The van der Waals surface area contributed by atoms with E-state index < -0.39 is 0 Å². The molecule has 0 fully saturated rings. The topological polar surface area (TPSA) is 20.3 Å². The van der Waals surface area contributed by atoms with Gasteiger partial charge in [-0.15, -0.1) is 12.6 Å². The van der Waals surface area contributed by atoms with Crippen LogP contribution in [-0.4, -0.2) is 18.2 Å². The Morgan fingerprint density at radius 2 is 1.92 bits per heavy atom. The van der Waals surface area contributed by atoms with Gasteiger partial charge in [0, 0.05) is 12.7 Å². The molecule has 1 rings (SSSR count). The van der Waals surface area contributed by atoms with E-state index >= 15 is 0 Å². The number of carbonyl (C=O) groups is 1. The second-order valence-electron chi connectivity index (χ2n) is 2.96. The summed E-state index contributed by atoms with van der Waals surface area (Å²) in [5, 5.41) is -0.119. The van der Waals surface area contributed by atoms with Crippen molar-refractivity contribution in [1.82, 2.24) is 0 Å². The van der Waals surface area contributed by atoms with Crippen LogP contribution in [0.1, 0.15) is 6.92 Å². The number of carbonyl (C=O) groups excluding carboxylic acids is 1. The van der Waals surface area contributed by atoms with Crippen molar-refractivity contribution >= 4 is 23.4 Å². The molecule has 13 heavy (non-hydrogen) atoms. The maximum Gasteiger partial charge on any atom is 0.208 e. The van der Waals surface area contributed by atoms with Gasteiger partial charge >= 0.3 is 0 Å². The lowest BCUT2D eigenvalue weighted by atomic mass is 10.2. The number of nitrogens with zero attached hydrogens (tertiary/aromatic N) is 1. The van der Waals surface area contributed by atoms with Crippen molar-refractivity contribution in [3.8, 4) is 0 Å². The molecule has 0 saturated heterocycles. The van der Waals surface area contributed by atoms with Crippen LogP contribution in [0.2, 0.25) is 0 Å². The van der Waals surface area contributed by atoms with E-state index in [2.05, 4.69) is 12.6 Å². The van der Waals surface area contributed by atoms with Crippen LogP contribution < -0.4 is 4.90 Å². The smallest absolute Gasteiger partial charge is 0.208 e. The summed E-state index contributed by atoms with van der Waals surface area (Å²) >= 11 is 3.80. The lowest BCUT2D eigenvalue weighted by Crippen LogP contribution is -2.33.